The third kappa shape index (κ3) is 2.14. The van der Waals surface area contributed by atoms with Crippen LogP contribution in [-0.2, 0) is 0 Å². The van der Waals surface area contributed by atoms with Gasteiger partial charge in [-0.05, 0) is 0 Å². The quantitative estimate of drug-likeness (QED) is 0.274. The van der Waals surface area contributed by atoms with E-state index in [-0.39, 0.29) is 0 Å². The van der Waals surface area contributed by atoms with Crippen LogP contribution in [0.4, 0.5) is 0 Å². The summed E-state index contributed by atoms with van der Waals surface area (Å²) < 4.78 is 0. The van der Waals surface area contributed by atoms with Crippen LogP contribution in [0, 0.1) is 0 Å². The summed E-state index contributed by atoms with van der Waals surface area (Å²) in [5.74, 6) is 0. The third-order valence-electron chi connectivity index (χ3n) is 0.204. The number of nitrogens with two attached hydrogens (primary N) is 1. The average Bonchev–Trinajstić information content (AvgIpc) is 1.37. The van der Waals surface area contributed by atoms with E-state index in [0.717, 1.165) is 10.4 Å². The van der Waals surface area contributed by atoms with Gasteiger partial charge in [0.2, 0.25) is 0 Å². The highest BCUT2D eigenvalue weighted by molar-refractivity contribution is 6.04. The highest BCUT2D eigenvalue weighted by Gasteiger charge is 1.49. The van der Waals surface area contributed by atoms with E-state index in [4.69, 9.17) is 5.73 Å². The maximum absolute atomic E-state index is 4.95. The second-order valence-corrected chi connectivity index (χ2v) is 1.26. The lowest BCUT2D eigenvalue weighted by Gasteiger charge is -1.77. The maximum Gasteiger partial charge on any atom is 0.0764 e. The summed E-state index contributed by atoms with van der Waals surface area (Å²) in [5, 5.41) is 0. The Bertz CT molecular complexity index is 8.00. The van der Waals surface area contributed by atoms with Gasteiger partial charge in [-0.1, -0.05) is 0 Å². The molecular weight excluding hydrogens is 68.1 g/mol. The van der Waals surface area contributed by atoms with Crippen molar-refractivity contribution >= 4 is 10.4 Å². The second kappa shape index (κ2) is 3.14. The van der Waals surface area contributed by atoms with E-state index in [9.17, 15) is 0 Å². The van der Waals surface area contributed by atoms with E-state index < -0.39 is 0 Å². The molecule has 0 amide bonds. The number of rotatable bonds is 1. The summed E-state index contributed by atoms with van der Waals surface area (Å²) >= 11 is 0. The molecule has 2 nitrogen and oxygen atoms in total. The minimum Gasteiger partial charge on any atom is -0.334 e. The molecule has 0 atom stereocenters. The van der Waals surface area contributed by atoms with Crippen LogP contribution in [0.1, 0.15) is 0 Å². The summed E-state index contributed by atoms with van der Waals surface area (Å²) in [5.41, 5.74) is 4.95. The Morgan fingerprint density at radius 1 is 2.00 bits per heavy atom. The molecule has 0 aliphatic rings. The zero-order chi connectivity index (χ0) is 3.41. The molecule has 0 aromatic heterocycles. The molecule has 0 spiro atoms. The van der Waals surface area contributed by atoms with Crippen LogP contribution in [0.15, 0.2) is 0 Å². The van der Waals surface area contributed by atoms with Crippen LogP contribution < -0.4 is 10.7 Å². The molecule has 0 radical (unpaired) electrons. The third-order valence-corrected chi connectivity index (χ3v) is 0.612. The number of hydrogen-bond acceptors (Lipinski definition) is 2. The minimum absolute atomic E-state index is 0.631. The van der Waals surface area contributed by atoms with E-state index in [0.29, 0.717) is 6.67 Å². The molecule has 3 heteroatoms. The summed E-state index contributed by atoms with van der Waals surface area (Å²) in [6, 6.07) is 0. The molecule has 0 aromatic carbocycles. The molecule has 0 rings (SSSR count). The first-order valence-electron chi connectivity index (χ1n) is 1.26. The van der Waals surface area contributed by atoms with Gasteiger partial charge in [-0.15, -0.1) is 0 Å². The van der Waals surface area contributed by atoms with Gasteiger partial charge in [-0.3, -0.25) is 0 Å². The highest BCUT2D eigenvalue weighted by Crippen LogP contribution is 1.12. The van der Waals surface area contributed by atoms with Gasteiger partial charge in [0.15, 0.2) is 0 Å². The van der Waals surface area contributed by atoms with Gasteiger partial charge in [-0.25, -0.2) is 0 Å². The number of hydrogen-bond donors (Lipinski definition) is 2. The fourth-order valence-corrected chi connectivity index (χ4v) is 0. The summed E-state index contributed by atoms with van der Waals surface area (Å²) in [7, 11) is 1.01. The van der Waals surface area contributed by atoms with E-state index in [1.54, 1.807) is 0 Å². The minimum atomic E-state index is 0.631. The van der Waals surface area contributed by atoms with Crippen molar-refractivity contribution in [3.63, 3.8) is 0 Å². The molecule has 0 fully saturated rings. The van der Waals surface area contributed by atoms with Crippen molar-refractivity contribution in [1.82, 2.24) is 4.98 Å². The Hall–Kier alpha value is 0.137. The van der Waals surface area contributed by atoms with Gasteiger partial charge in [0.25, 0.3) is 0 Å². The Kier molecular flexibility index (Phi) is 3.24. The average molecular weight is 76.2 g/mol. The van der Waals surface area contributed by atoms with Gasteiger partial charge in [-0.2, -0.15) is 0 Å². The van der Waals surface area contributed by atoms with E-state index in [1.165, 1.54) is 0 Å². The largest absolute Gasteiger partial charge is 0.334 e. The first kappa shape index (κ1) is 4.14. The molecule has 0 unspecified atom stereocenters. The predicted octanol–water partition coefficient (Wildman–Crippen LogP) is -2.23. The SMILES string of the molecule is NCN[SiH3]. The van der Waals surface area contributed by atoms with Gasteiger partial charge in [0, 0.05) is 6.67 Å². The molecule has 0 heterocycles. The normalized spacial score (nSPS) is 8.25. The first-order chi connectivity index (χ1) is 1.91. The maximum atomic E-state index is 4.95. The molecule has 0 saturated heterocycles. The van der Waals surface area contributed by atoms with Gasteiger partial charge >= 0.3 is 0 Å². The zero-order valence-electron chi connectivity index (χ0n) is 2.78. The van der Waals surface area contributed by atoms with Crippen LogP contribution in [0.3, 0.4) is 0 Å². The Morgan fingerprint density at radius 2 is 2.25 bits per heavy atom. The van der Waals surface area contributed by atoms with Crippen LogP contribution in [-0.4, -0.2) is 17.1 Å². The smallest absolute Gasteiger partial charge is 0.0764 e. The molecule has 0 bridgehead atoms. The van der Waals surface area contributed by atoms with E-state index >= 15 is 0 Å². The monoisotopic (exact) mass is 76.0 g/mol. The fourth-order valence-electron chi connectivity index (χ4n) is 0. The van der Waals surface area contributed by atoms with Crippen LogP contribution in [0.2, 0.25) is 0 Å². The van der Waals surface area contributed by atoms with Crippen molar-refractivity contribution in [3.05, 3.63) is 0 Å². The molecule has 3 N–H and O–H groups in total. The molecule has 0 aromatic rings. The lowest BCUT2D eigenvalue weighted by molar-refractivity contribution is 0.972. The van der Waals surface area contributed by atoms with Crippen molar-refractivity contribution in [2.75, 3.05) is 6.67 Å². The zero-order valence-corrected chi connectivity index (χ0v) is 4.78. The van der Waals surface area contributed by atoms with Crippen molar-refractivity contribution in [3.8, 4) is 0 Å². The standard InChI is InChI=1S/CH8N2Si/c2-1-3-4/h3H,1-2H2,4H3. The highest BCUT2D eigenvalue weighted by atomic mass is 28.2. The first-order valence-corrected chi connectivity index (χ1v) is 2.26. The van der Waals surface area contributed by atoms with Crippen molar-refractivity contribution in [2.45, 2.75) is 0 Å². The van der Waals surface area contributed by atoms with Gasteiger partial charge in [0.05, 0.1) is 10.4 Å². The topological polar surface area (TPSA) is 38.0 Å². The Morgan fingerprint density at radius 3 is 2.25 bits per heavy atom. The lowest BCUT2D eigenvalue weighted by atomic mass is 11.3. The summed E-state index contributed by atoms with van der Waals surface area (Å²) in [6.45, 7) is 0.631. The second-order valence-electron chi connectivity index (χ2n) is 0.558. The summed E-state index contributed by atoms with van der Waals surface area (Å²) in [4.78, 5) is 2.85. The summed E-state index contributed by atoms with van der Waals surface area (Å²) in [6.07, 6.45) is 0. The molecule has 26 valence electrons. The van der Waals surface area contributed by atoms with Crippen molar-refractivity contribution in [2.24, 2.45) is 5.73 Å². The van der Waals surface area contributed by atoms with Gasteiger partial charge < -0.3 is 10.7 Å². The van der Waals surface area contributed by atoms with Crippen molar-refractivity contribution < 1.29 is 0 Å². The molecule has 0 saturated carbocycles. The van der Waals surface area contributed by atoms with Crippen LogP contribution in [0.5, 0.6) is 0 Å². The van der Waals surface area contributed by atoms with Crippen LogP contribution in [0.25, 0.3) is 0 Å². The molecule has 0 aliphatic carbocycles. The predicted molar refractivity (Wildman–Crippen MR) is 22.1 cm³/mol. The van der Waals surface area contributed by atoms with Crippen LogP contribution >= 0.6 is 0 Å². The Labute approximate surface area is 28.9 Å². The lowest BCUT2D eigenvalue weighted by Crippen LogP contribution is -2.17. The van der Waals surface area contributed by atoms with E-state index in [1.807, 2.05) is 0 Å². The molecule has 4 heavy (non-hydrogen) atoms. The van der Waals surface area contributed by atoms with Crippen molar-refractivity contribution in [1.29, 1.82) is 0 Å². The molecule has 0 aliphatic heterocycles. The molecular formula is CH8N2Si. The fraction of sp³-hybridized carbons (Fsp3) is 1.00. The van der Waals surface area contributed by atoms with Gasteiger partial charge in [0.1, 0.15) is 0 Å². The number of nitrogens with one attached hydrogen (secondary N) is 1. The van der Waals surface area contributed by atoms with E-state index in [2.05, 4.69) is 4.98 Å². The Balaban J connectivity index is 1.97.